The van der Waals surface area contributed by atoms with Crippen molar-refractivity contribution < 1.29 is 0 Å². The first-order chi connectivity index (χ1) is 13.7. The number of unbranched alkanes of at least 4 members (excludes halogenated alkanes) is 2. The predicted molar refractivity (Wildman–Crippen MR) is 125 cm³/mol. The fourth-order valence-electron chi connectivity index (χ4n) is 3.52. The number of halogens is 1. The third kappa shape index (κ3) is 6.05. The van der Waals surface area contributed by atoms with Crippen molar-refractivity contribution in [3.63, 3.8) is 0 Å². The summed E-state index contributed by atoms with van der Waals surface area (Å²) in [7, 11) is 0. The average Bonchev–Trinajstić information content (AvgIpc) is 2.74. The van der Waals surface area contributed by atoms with E-state index in [9.17, 15) is 4.79 Å². The molecule has 0 atom stereocenters. The molecule has 0 unspecified atom stereocenters. The molecule has 0 radical (unpaired) electrons. The summed E-state index contributed by atoms with van der Waals surface area (Å²) >= 11 is 0. The lowest BCUT2D eigenvalue weighted by atomic mass is 10.0. The summed E-state index contributed by atoms with van der Waals surface area (Å²) in [4.78, 5) is 14.5. The maximum absolute atomic E-state index is 12.0. The van der Waals surface area contributed by atoms with Crippen LogP contribution in [-0.2, 0) is 0 Å². The van der Waals surface area contributed by atoms with Crippen LogP contribution < -0.4 is 10.9 Å². The molecule has 3 aromatic rings. The number of hydrogen-bond acceptors (Lipinski definition) is 4. The minimum Gasteiger partial charge on any atom is -0.385 e. The van der Waals surface area contributed by atoms with Gasteiger partial charge in [0.1, 0.15) is 0 Å². The highest BCUT2D eigenvalue weighted by molar-refractivity contribution is 5.94. The van der Waals surface area contributed by atoms with Gasteiger partial charge in [0.05, 0.1) is 11.1 Å². The zero-order valence-corrected chi connectivity index (χ0v) is 18.1. The number of aromatic amines is 1. The van der Waals surface area contributed by atoms with Crippen LogP contribution >= 0.6 is 12.4 Å². The van der Waals surface area contributed by atoms with Crippen LogP contribution in [0.2, 0.25) is 0 Å². The van der Waals surface area contributed by atoms with E-state index in [1.54, 1.807) is 0 Å². The summed E-state index contributed by atoms with van der Waals surface area (Å²) in [6.45, 7) is 8.86. The number of aromatic nitrogens is 2. The molecule has 156 valence electrons. The van der Waals surface area contributed by atoms with Crippen LogP contribution in [0.1, 0.15) is 33.1 Å². The summed E-state index contributed by atoms with van der Waals surface area (Å²) in [5.74, 6) is 0. The molecule has 29 heavy (non-hydrogen) atoms. The fourth-order valence-corrected chi connectivity index (χ4v) is 3.52. The topological polar surface area (TPSA) is 61.0 Å². The predicted octanol–water partition coefficient (Wildman–Crippen LogP) is 4.94. The maximum atomic E-state index is 12.0. The van der Waals surface area contributed by atoms with E-state index >= 15 is 0 Å². The average molecular weight is 415 g/mol. The highest BCUT2D eigenvalue weighted by Crippen LogP contribution is 2.26. The largest absolute Gasteiger partial charge is 0.385 e. The van der Waals surface area contributed by atoms with Crippen LogP contribution in [0, 0.1) is 0 Å². The molecule has 5 nitrogen and oxygen atoms in total. The van der Waals surface area contributed by atoms with Crippen molar-refractivity contribution in [2.24, 2.45) is 0 Å². The molecule has 0 fully saturated rings. The van der Waals surface area contributed by atoms with E-state index < -0.39 is 0 Å². The summed E-state index contributed by atoms with van der Waals surface area (Å²) in [5.41, 5.74) is 2.73. The Bertz CT molecular complexity index is 953. The highest BCUT2D eigenvalue weighted by atomic mass is 35.5. The molecule has 2 aromatic carbocycles. The molecule has 2 N–H and O–H groups in total. The lowest BCUT2D eigenvalue weighted by molar-refractivity contribution is 0.296. The van der Waals surface area contributed by atoms with E-state index in [0.29, 0.717) is 5.39 Å². The third-order valence-electron chi connectivity index (χ3n) is 5.21. The van der Waals surface area contributed by atoms with Crippen molar-refractivity contribution in [1.29, 1.82) is 0 Å². The van der Waals surface area contributed by atoms with Gasteiger partial charge in [0.2, 0.25) is 0 Å². The Kier molecular flexibility index (Phi) is 9.16. The summed E-state index contributed by atoms with van der Waals surface area (Å²) in [6, 6.07) is 15.8. The van der Waals surface area contributed by atoms with Gasteiger partial charge in [-0.25, -0.2) is 5.10 Å². The van der Waals surface area contributed by atoms with E-state index in [2.05, 4.69) is 46.4 Å². The van der Waals surface area contributed by atoms with Gasteiger partial charge in [0, 0.05) is 23.2 Å². The second kappa shape index (κ2) is 11.6. The fraction of sp³-hybridized carbons (Fsp3) is 0.391. The molecule has 0 aliphatic rings. The Balaban J connectivity index is 0.00000300. The second-order valence-corrected chi connectivity index (χ2v) is 7.04. The Hall–Kier alpha value is -2.37. The molecule has 1 heterocycles. The zero-order chi connectivity index (χ0) is 19.8. The molecule has 0 aliphatic carbocycles. The molecular weight excluding hydrogens is 384 g/mol. The van der Waals surface area contributed by atoms with Crippen LogP contribution in [0.25, 0.3) is 22.0 Å². The van der Waals surface area contributed by atoms with Crippen molar-refractivity contribution in [2.45, 2.75) is 33.1 Å². The van der Waals surface area contributed by atoms with Gasteiger partial charge in [0.15, 0.2) is 0 Å². The molecule has 1 aromatic heterocycles. The first-order valence-electron chi connectivity index (χ1n) is 10.3. The summed E-state index contributed by atoms with van der Waals surface area (Å²) in [5, 5.41) is 12.0. The van der Waals surface area contributed by atoms with Gasteiger partial charge in [0.25, 0.3) is 5.56 Å². The lowest BCUT2D eigenvalue weighted by Gasteiger charge is -2.17. The van der Waals surface area contributed by atoms with E-state index in [1.807, 2.05) is 36.4 Å². The third-order valence-corrected chi connectivity index (χ3v) is 5.21. The molecule has 6 heteroatoms. The van der Waals surface area contributed by atoms with Crippen molar-refractivity contribution in [3.05, 3.63) is 58.9 Å². The van der Waals surface area contributed by atoms with Gasteiger partial charge in [-0.2, -0.15) is 5.10 Å². The van der Waals surface area contributed by atoms with E-state index in [0.717, 1.165) is 48.4 Å². The smallest absolute Gasteiger partial charge is 0.272 e. The number of benzene rings is 2. The minimum atomic E-state index is -0.154. The molecule has 0 aliphatic heterocycles. The van der Waals surface area contributed by atoms with Crippen molar-refractivity contribution in [3.8, 4) is 11.3 Å². The zero-order valence-electron chi connectivity index (χ0n) is 17.3. The monoisotopic (exact) mass is 414 g/mol. The molecule has 0 amide bonds. The van der Waals surface area contributed by atoms with Crippen LogP contribution in [0.5, 0.6) is 0 Å². The Morgan fingerprint density at radius 3 is 2.48 bits per heavy atom. The molecule has 0 spiro atoms. The van der Waals surface area contributed by atoms with Gasteiger partial charge in [-0.15, -0.1) is 12.4 Å². The summed E-state index contributed by atoms with van der Waals surface area (Å²) in [6.07, 6.45) is 3.64. The van der Waals surface area contributed by atoms with E-state index in [1.165, 1.54) is 19.4 Å². The quantitative estimate of drug-likeness (QED) is 0.461. The van der Waals surface area contributed by atoms with Crippen LogP contribution in [-0.4, -0.2) is 41.3 Å². The van der Waals surface area contributed by atoms with Crippen molar-refractivity contribution >= 4 is 28.9 Å². The van der Waals surface area contributed by atoms with Gasteiger partial charge in [-0.05, 0) is 50.7 Å². The first-order valence-corrected chi connectivity index (χ1v) is 10.3. The standard InChI is InChI=1S/C23H30N4O.ClH/c1-3-27(4-2)16-9-5-8-15-24-19-12-10-11-18(17-19)22-20-13-6-7-14-21(20)23(28)26-25-22;/h6-7,10-14,17,24H,3-5,8-9,15-16H2,1-2H3,(H,26,28);1H. The van der Waals surface area contributed by atoms with Crippen molar-refractivity contribution in [1.82, 2.24) is 15.1 Å². The normalized spacial score (nSPS) is 10.9. The number of H-pyrrole nitrogens is 1. The molecule has 0 saturated carbocycles. The van der Waals surface area contributed by atoms with Crippen LogP contribution in [0.15, 0.2) is 53.3 Å². The Labute approximate surface area is 178 Å². The van der Waals surface area contributed by atoms with Gasteiger partial charge >= 0.3 is 0 Å². The van der Waals surface area contributed by atoms with Gasteiger partial charge in [-0.3, -0.25) is 4.79 Å². The molecule has 0 bridgehead atoms. The Morgan fingerprint density at radius 2 is 1.72 bits per heavy atom. The Morgan fingerprint density at radius 1 is 0.966 bits per heavy atom. The van der Waals surface area contributed by atoms with Gasteiger partial charge in [-0.1, -0.05) is 50.6 Å². The van der Waals surface area contributed by atoms with Gasteiger partial charge < -0.3 is 10.2 Å². The number of nitrogens with one attached hydrogen (secondary N) is 2. The van der Waals surface area contributed by atoms with Crippen LogP contribution in [0.4, 0.5) is 5.69 Å². The molecular formula is C23H31ClN4O. The SMILES string of the molecule is CCN(CC)CCCCCNc1cccc(-c2n[nH]c(=O)c3ccccc23)c1.Cl. The number of anilines is 1. The van der Waals surface area contributed by atoms with E-state index in [4.69, 9.17) is 0 Å². The highest BCUT2D eigenvalue weighted by Gasteiger charge is 2.08. The summed E-state index contributed by atoms with van der Waals surface area (Å²) < 4.78 is 0. The minimum absolute atomic E-state index is 0. The van der Waals surface area contributed by atoms with E-state index in [-0.39, 0.29) is 18.0 Å². The number of fused-ring (bicyclic) bond motifs is 1. The lowest BCUT2D eigenvalue weighted by Crippen LogP contribution is -2.23. The maximum Gasteiger partial charge on any atom is 0.272 e. The van der Waals surface area contributed by atoms with Crippen LogP contribution in [0.3, 0.4) is 0 Å². The number of hydrogen-bond donors (Lipinski definition) is 2. The van der Waals surface area contributed by atoms with Crippen molar-refractivity contribution in [2.75, 3.05) is 31.5 Å². The molecule has 3 rings (SSSR count). The first kappa shape index (κ1) is 22.9. The second-order valence-electron chi connectivity index (χ2n) is 7.04. The molecule has 0 saturated heterocycles. The number of nitrogens with zero attached hydrogens (tertiary/aromatic N) is 2. The number of rotatable bonds is 10.